The number of anilines is 2. The minimum atomic E-state index is 0.441. The SMILES string of the molecule is CCNc1nc(C)nc(NC(C)CCCC(C)C)c1C. The number of rotatable bonds is 8. The zero-order valence-electron chi connectivity index (χ0n) is 13.9. The van der Waals surface area contributed by atoms with E-state index in [1.54, 1.807) is 0 Å². The number of aromatic nitrogens is 2. The lowest BCUT2D eigenvalue weighted by Crippen LogP contribution is -2.18. The van der Waals surface area contributed by atoms with Crippen LogP contribution < -0.4 is 10.6 Å². The highest BCUT2D eigenvalue weighted by atomic mass is 15.1. The van der Waals surface area contributed by atoms with Crippen molar-refractivity contribution in [3.05, 3.63) is 11.4 Å². The third-order valence-corrected chi connectivity index (χ3v) is 3.40. The molecule has 1 aromatic rings. The van der Waals surface area contributed by atoms with Crippen LogP contribution in [0.2, 0.25) is 0 Å². The van der Waals surface area contributed by atoms with Crippen LogP contribution in [-0.4, -0.2) is 22.6 Å². The number of nitrogens with zero attached hydrogens (tertiary/aromatic N) is 2. The van der Waals surface area contributed by atoms with Crippen LogP contribution in [0.1, 0.15) is 58.3 Å². The van der Waals surface area contributed by atoms with Gasteiger partial charge in [0.2, 0.25) is 0 Å². The molecule has 0 aliphatic heterocycles. The summed E-state index contributed by atoms with van der Waals surface area (Å²) in [4.78, 5) is 8.99. The van der Waals surface area contributed by atoms with E-state index >= 15 is 0 Å². The first-order chi connectivity index (χ1) is 9.43. The molecule has 2 N–H and O–H groups in total. The number of nitrogens with one attached hydrogen (secondary N) is 2. The van der Waals surface area contributed by atoms with Crippen molar-refractivity contribution in [2.45, 2.75) is 66.8 Å². The minimum Gasteiger partial charge on any atom is -0.370 e. The van der Waals surface area contributed by atoms with Crippen molar-refractivity contribution < 1.29 is 0 Å². The monoisotopic (exact) mass is 278 g/mol. The largest absolute Gasteiger partial charge is 0.370 e. The van der Waals surface area contributed by atoms with Crippen molar-refractivity contribution >= 4 is 11.6 Å². The lowest BCUT2D eigenvalue weighted by molar-refractivity contribution is 0.520. The molecule has 0 amide bonds. The molecule has 0 bridgehead atoms. The molecule has 4 nitrogen and oxygen atoms in total. The van der Waals surface area contributed by atoms with Gasteiger partial charge in [-0.15, -0.1) is 0 Å². The minimum absolute atomic E-state index is 0.441. The van der Waals surface area contributed by atoms with Crippen molar-refractivity contribution in [2.75, 3.05) is 17.2 Å². The third-order valence-electron chi connectivity index (χ3n) is 3.40. The van der Waals surface area contributed by atoms with Crippen LogP contribution in [0, 0.1) is 19.8 Å². The fourth-order valence-corrected chi connectivity index (χ4v) is 2.25. The molecule has 0 saturated heterocycles. The zero-order chi connectivity index (χ0) is 15.1. The Morgan fingerprint density at radius 2 is 1.65 bits per heavy atom. The summed E-state index contributed by atoms with van der Waals surface area (Å²) in [5.41, 5.74) is 1.10. The van der Waals surface area contributed by atoms with Crippen LogP contribution in [0.15, 0.2) is 0 Å². The molecule has 1 rings (SSSR count). The van der Waals surface area contributed by atoms with Gasteiger partial charge in [-0.1, -0.05) is 26.7 Å². The molecule has 1 aromatic heterocycles. The van der Waals surface area contributed by atoms with Gasteiger partial charge in [-0.05, 0) is 40.0 Å². The predicted molar refractivity (Wildman–Crippen MR) is 87.4 cm³/mol. The van der Waals surface area contributed by atoms with Crippen LogP contribution in [0.25, 0.3) is 0 Å². The summed E-state index contributed by atoms with van der Waals surface area (Å²) >= 11 is 0. The predicted octanol–water partition coefficient (Wildman–Crippen LogP) is 4.15. The van der Waals surface area contributed by atoms with Crippen molar-refractivity contribution in [2.24, 2.45) is 5.92 Å². The maximum Gasteiger partial charge on any atom is 0.134 e. The van der Waals surface area contributed by atoms with E-state index in [1.807, 2.05) is 6.92 Å². The van der Waals surface area contributed by atoms with E-state index in [1.165, 1.54) is 19.3 Å². The van der Waals surface area contributed by atoms with Crippen LogP contribution in [0.5, 0.6) is 0 Å². The molecule has 1 atom stereocenters. The molecule has 0 aliphatic rings. The Hall–Kier alpha value is -1.32. The second kappa shape index (κ2) is 8.08. The second-order valence-corrected chi connectivity index (χ2v) is 5.99. The lowest BCUT2D eigenvalue weighted by Gasteiger charge is -2.18. The summed E-state index contributed by atoms with van der Waals surface area (Å²) in [6, 6.07) is 0.441. The molecule has 0 fully saturated rings. The Bertz CT molecular complexity index is 415. The van der Waals surface area contributed by atoms with Gasteiger partial charge in [0.15, 0.2) is 0 Å². The van der Waals surface area contributed by atoms with Gasteiger partial charge >= 0.3 is 0 Å². The van der Waals surface area contributed by atoms with Crippen molar-refractivity contribution in [3.8, 4) is 0 Å². The molecule has 1 unspecified atom stereocenters. The maximum absolute atomic E-state index is 4.54. The fraction of sp³-hybridized carbons (Fsp3) is 0.750. The molecule has 0 saturated carbocycles. The summed E-state index contributed by atoms with van der Waals surface area (Å²) in [5.74, 6) is 3.50. The summed E-state index contributed by atoms with van der Waals surface area (Å²) in [7, 11) is 0. The van der Waals surface area contributed by atoms with E-state index in [2.05, 4.69) is 55.2 Å². The normalized spacial score (nSPS) is 12.6. The number of hydrogen-bond acceptors (Lipinski definition) is 4. The topological polar surface area (TPSA) is 49.8 Å². The number of aryl methyl sites for hydroxylation is 1. The van der Waals surface area contributed by atoms with E-state index < -0.39 is 0 Å². The first-order valence-corrected chi connectivity index (χ1v) is 7.79. The Kier molecular flexibility index (Phi) is 6.76. The molecule has 1 heterocycles. The van der Waals surface area contributed by atoms with Gasteiger partial charge < -0.3 is 10.6 Å². The van der Waals surface area contributed by atoms with Gasteiger partial charge in [0.05, 0.1) is 0 Å². The van der Waals surface area contributed by atoms with Gasteiger partial charge in [0, 0.05) is 18.2 Å². The van der Waals surface area contributed by atoms with E-state index in [-0.39, 0.29) is 0 Å². The second-order valence-electron chi connectivity index (χ2n) is 5.99. The summed E-state index contributed by atoms with van der Waals surface area (Å²) in [6.07, 6.45) is 3.72. The highest BCUT2D eigenvalue weighted by molar-refractivity contribution is 5.57. The van der Waals surface area contributed by atoms with Gasteiger partial charge in [-0.3, -0.25) is 0 Å². The van der Waals surface area contributed by atoms with E-state index in [4.69, 9.17) is 0 Å². The average Bonchev–Trinajstić information content (AvgIpc) is 2.34. The van der Waals surface area contributed by atoms with E-state index in [9.17, 15) is 0 Å². The molecule has 20 heavy (non-hydrogen) atoms. The molecule has 0 aromatic carbocycles. The maximum atomic E-state index is 4.54. The molecule has 0 aliphatic carbocycles. The quantitative estimate of drug-likeness (QED) is 0.750. The Morgan fingerprint density at radius 1 is 1.00 bits per heavy atom. The Morgan fingerprint density at radius 3 is 2.25 bits per heavy atom. The zero-order valence-corrected chi connectivity index (χ0v) is 13.9. The standard InChI is InChI=1S/C16H30N4/c1-7-17-15-13(5)16(20-14(6)19-15)18-12(4)10-8-9-11(2)3/h11-12H,7-10H2,1-6H3,(H2,17,18,19,20). The fourth-order valence-electron chi connectivity index (χ4n) is 2.25. The highest BCUT2D eigenvalue weighted by Crippen LogP contribution is 2.21. The Balaban J connectivity index is 2.66. The van der Waals surface area contributed by atoms with Crippen LogP contribution in [0.3, 0.4) is 0 Å². The highest BCUT2D eigenvalue weighted by Gasteiger charge is 2.11. The molecule has 114 valence electrons. The molecule has 0 radical (unpaired) electrons. The van der Waals surface area contributed by atoms with Crippen LogP contribution in [0.4, 0.5) is 11.6 Å². The van der Waals surface area contributed by atoms with E-state index in [0.717, 1.165) is 35.5 Å². The smallest absolute Gasteiger partial charge is 0.134 e. The van der Waals surface area contributed by atoms with Crippen LogP contribution in [-0.2, 0) is 0 Å². The molecule has 0 spiro atoms. The van der Waals surface area contributed by atoms with Crippen molar-refractivity contribution in [3.63, 3.8) is 0 Å². The average molecular weight is 278 g/mol. The van der Waals surface area contributed by atoms with Gasteiger partial charge in [-0.2, -0.15) is 0 Å². The summed E-state index contributed by atoms with van der Waals surface area (Å²) in [6.45, 7) is 13.7. The summed E-state index contributed by atoms with van der Waals surface area (Å²) < 4.78 is 0. The molecular formula is C16H30N4. The lowest BCUT2D eigenvalue weighted by atomic mass is 10.0. The molecular weight excluding hydrogens is 248 g/mol. The van der Waals surface area contributed by atoms with Gasteiger partial charge in [-0.25, -0.2) is 9.97 Å². The molecule has 4 heteroatoms. The third kappa shape index (κ3) is 5.35. The number of hydrogen-bond donors (Lipinski definition) is 2. The van der Waals surface area contributed by atoms with E-state index in [0.29, 0.717) is 6.04 Å². The van der Waals surface area contributed by atoms with Crippen molar-refractivity contribution in [1.82, 2.24) is 9.97 Å². The van der Waals surface area contributed by atoms with Crippen molar-refractivity contribution in [1.29, 1.82) is 0 Å². The first kappa shape index (κ1) is 16.7. The van der Waals surface area contributed by atoms with Gasteiger partial charge in [0.1, 0.15) is 17.5 Å². The van der Waals surface area contributed by atoms with Gasteiger partial charge in [0.25, 0.3) is 0 Å². The first-order valence-electron chi connectivity index (χ1n) is 7.79. The Labute approximate surface area is 123 Å². The summed E-state index contributed by atoms with van der Waals surface area (Å²) in [5, 5.41) is 6.83. The van der Waals surface area contributed by atoms with Crippen LogP contribution >= 0.6 is 0 Å².